The van der Waals surface area contributed by atoms with E-state index < -0.39 is 0 Å². The minimum Gasteiger partial charge on any atom is -0.384 e. The first-order valence-electron chi connectivity index (χ1n) is 7.16. The molecule has 0 unspecified atom stereocenters. The number of nitrogens with two attached hydrogens (primary N) is 1. The highest BCUT2D eigenvalue weighted by molar-refractivity contribution is 6.30. The standard InChI is InChI=1S/C15H20ClN3O2/c16-13-7-5-12(6-8-13)15(17)18-21-11-14(20)19-9-3-1-2-4-10-19/h5-8H,1-4,9-11H2,(H2,17,18). The van der Waals surface area contributed by atoms with E-state index >= 15 is 0 Å². The van der Waals surface area contributed by atoms with Gasteiger partial charge in [-0.25, -0.2) is 0 Å². The van der Waals surface area contributed by atoms with Crippen LogP contribution in [0.2, 0.25) is 5.02 Å². The van der Waals surface area contributed by atoms with Crippen molar-refractivity contribution in [2.45, 2.75) is 25.7 Å². The molecule has 1 heterocycles. The fourth-order valence-electron chi connectivity index (χ4n) is 2.24. The average molecular weight is 310 g/mol. The van der Waals surface area contributed by atoms with Gasteiger partial charge in [-0.15, -0.1) is 0 Å². The van der Waals surface area contributed by atoms with E-state index in [-0.39, 0.29) is 18.3 Å². The third-order valence-corrected chi connectivity index (χ3v) is 3.70. The number of hydrogen-bond acceptors (Lipinski definition) is 3. The fourth-order valence-corrected chi connectivity index (χ4v) is 2.37. The topological polar surface area (TPSA) is 67.9 Å². The third kappa shape index (κ3) is 4.93. The molecule has 114 valence electrons. The Morgan fingerprint density at radius 3 is 2.43 bits per heavy atom. The van der Waals surface area contributed by atoms with E-state index in [2.05, 4.69) is 5.16 Å². The Morgan fingerprint density at radius 1 is 1.19 bits per heavy atom. The summed E-state index contributed by atoms with van der Waals surface area (Å²) in [4.78, 5) is 18.9. The van der Waals surface area contributed by atoms with E-state index in [9.17, 15) is 4.79 Å². The van der Waals surface area contributed by atoms with Crippen LogP contribution < -0.4 is 5.73 Å². The van der Waals surface area contributed by atoms with E-state index in [1.807, 2.05) is 4.90 Å². The maximum absolute atomic E-state index is 12.0. The van der Waals surface area contributed by atoms with Crippen molar-refractivity contribution >= 4 is 23.3 Å². The van der Waals surface area contributed by atoms with Gasteiger partial charge in [0, 0.05) is 23.7 Å². The molecule has 0 aromatic heterocycles. The predicted octanol–water partition coefficient (Wildman–Crippen LogP) is 2.38. The zero-order valence-corrected chi connectivity index (χ0v) is 12.7. The molecule has 1 fully saturated rings. The van der Waals surface area contributed by atoms with Gasteiger partial charge in [-0.3, -0.25) is 4.79 Å². The SMILES string of the molecule is N/C(=N/OCC(=O)N1CCCCCC1)c1ccc(Cl)cc1. The van der Waals surface area contributed by atoms with E-state index in [0.29, 0.717) is 10.6 Å². The molecule has 0 spiro atoms. The predicted molar refractivity (Wildman–Crippen MR) is 83.2 cm³/mol. The number of benzene rings is 1. The summed E-state index contributed by atoms with van der Waals surface area (Å²) in [6.45, 7) is 1.53. The van der Waals surface area contributed by atoms with Crippen LogP contribution in [0.15, 0.2) is 29.4 Å². The van der Waals surface area contributed by atoms with Crippen molar-refractivity contribution in [3.8, 4) is 0 Å². The van der Waals surface area contributed by atoms with Crippen LogP contribution in [0.3, 0.4) is 0 Å². The van der Waals surface area contributed by atoms with Gasteiger partial charge in [0.25, 0.3) is 5.91 Å². The van der Waals surface area contributed by atoms with Gasteiger partial charge in [0.1, 0.15) is 0 Å². The van der Waals surface area contributed by atoms with Crippen molar-refractivity contribution in [3.63, 3.8) is 0 Å². The second-order valence-electron chi connectivity index (χ2n) is 5.05. The highest BCUT2D eigenvalue weighted by atomic mass is 35.5. The van der Waals surface area contributed by atoms with E-state index in [1.54, 1.807) is 24.3 Å². The molecule has 5 nitrogen and oxygen atoms in total. The first-order valence-corrected chi connectivity index (χ1v) is 7.54. The summed E-state index contributed by atoms with van der Waals surface area (Å²) in [5.74, 6) is 0.194. The first kappa shape index (κ1) is 15.6. The molecular weight excluding hydrogens is 290 g/mol. The molecule has 1 saturated heterocycles. The number of amidine groups is 1. The molecule has 1 amide bonds. The monoisotopic (exact) mass is 309 g/mol. The molecule has 0 saturated carbocycles. The van der Waals surface area contributed by atoms with E-state index in [4.69, 9.17) is 22.2 Å². The Bertz CT molecular complexity index is 494. The molecule has 1 aromatic rings. The highest BCUT2D eigenvalue weighted by Crippen LogP contribution is 2.10. The molecule has 6 heteroatoms. The van der Waals surface area contributed by atoms with Crippen LogP contribution in [-0.4, -0.2) is 36.3 Å². The highest BCUT2D eigenvalue weighted by Gasteiger charge is 2.15. The van der Waals surface area contributed by atoms with Crippen LogP contribution in [0.5, 0.6) is 0 Å². The lowest BCUT2D eigenvalue weighted by atomic mass is 10.2. The van der Waals surface area contributed by atoms with Crippen LogP contribution >= 0.6 is 11.6 Å². The van der Waals surface area contributed by atoms with Gasteiger partial charge in [-0.1, -0.05) is 29.6 Å². The lowest BCUT2D eigenvalue weighted by Crippen LogP contribution is -2.34. The van der Waals surface area contributed by atoms with Crippen molar-refractivity contribution in [1.82, 2.24) is 4.90 Å². The molecule has 1 aliphatic rings. The summed E-state index contributed by atoms with van der Waals surface area (Å²) >= 11 is 5.80. The van der Waals surface area contributed by atoms with Gasteiger partial charge in [-0.2, -0.15) is 0 Å². The van der Waals surface area contributed by atoms with Gasteiger partial charge in [0.15, 0.2) is 12.4 Å². The second-order valence-corrected chi connectivity index (χ2v) is 5.49. The third-order valence-electron chi connectivity index (χ3n) is 3.45. The van der Waals surface area contributed by atoms with Gasteiger partial charge in [0.05, 0.1) is 0 Å². The zero-order chi connectivity index (χ0) is 15.1. The molecule has 1 aromatic carbocycles. The van der Waals surface area contributed by atoms with Crippen LogP contribution in [-0.2, 0) is 9.63 Å². The number of hydrogen-bond donors (Lipinski definition) is 1. The maximum Gasteiger partial charge on any atom is 0.263 e. The Labute approximate surface area is 129 Å². The summed E-state index contributed by atoms with van der Waals surface area (Å²) in [6.07, 6.45) is 4.49. The van der Waals surface area contributed by atoms with Crippen LogP contribution in [0.4, 0.5) is 0 Å². The average Bonchev–Trinajstić information content (AvgIpc) is 2.77. The molecule has 2 N–H and O–H groups in total. The molecule has 2 rings (SSSR count). The second kappa shape index (κ2) is 7.88. The Morgan fingerprint density at radius 2 is 1.81 bits per heavy atom. The summed E-state index contributed by atoms with van der Waals surface area (Å²) < 4.78 is 0. The lowest BCUT2D eigenvalue weighted by Gasteiger charge is -2.19. The van der Waals surface area contributed by atoms with E-state index in [1.165, 1.54) is 12.8 Å². The minimum absolute atomic E-state index is 0.0374. The molecule has 0 radical (unpaired) electrons. The molecule has 0 atom stereocenters. The number of nitrogens with zero attached hydrogens (tertiary/aromatic N) is 2. The number of halogens is 1. The molecular formula is C15H20ClN3O2. The Kier molecular flexibility index (Phi) is 5.87. The van der Waals surface area contributed by atoms with Crippen molar-refractivity contribution in [3.05, 3.63) is 34.9 Å². The summed E-state index contributed by atoms with van der Waals surface area (Å²) in [5, 5.41) is 4.41. The van der Waals surface area contributed by atoms with Crippen molar-refractivity contribution in [2.24, 2.45) is 10.9 Å². The number of carbonyl (C=O) groups excluding carboxylic acids is 1. The number of rotatable bonds is 4. The summed E-state index contributed by atoms with van der Waals surface area (Å²) in [6, 6.07) is 6.95. The van der Waals surface area contributed by atoms with Crippen LogP contribution in [0, 0.1) is 0 Å². The van der Waals surface area contributed by atoms with Crippen LogP contribution in [0.25, 0.3) is 0 Å². The Hall–Kier alpha value is -1.75. The quantitative estimate of drug-likeness (QED) is 0.527. The number of likely N-dealkylation sites (tertiary alicyclic amines) is 1. The van der Waals surface area contributed by atoms with Crippen LogP contribution in [0.1, 0.15) is 31.2 Å². The first-order chi connectivity index (χ1) is 10.2. The summed E-state index contributed by atoms with van der Waals surface area (Å²) in [5.41, 5.74) is 6.50. The fraction of sp³-hybridized carbons (Fsp3) is 0.467. The van der Waals surface area contributed by atoms with Gasteiger partial charge in [0.2, 0.25) is 0 Å². The maximum atomic E-state index is 12.0. The number of oxime groups is 1. The van der Waals surface area contributed by atoms with Crippen molar-refractivity contribution in [1.29, 1.82) is 0 Å². The Balaban J connectivity index is 1.83. The minimum atomic E-state index is -0.0751. The molecule has 1 aliphatic heterocycles. The van der Waals surface area contributed by atoms with Gasteiger partial charge >= 0.3 is 0 Å². The molecule has 21 heavy (non-hydrogen) atoms. The normalized spacial score (nSPS) is 16.4. The smallest absolute Gasteiger partial charge is 0.263 e. The molecule has 0 aliphatic carbocycles. The van der Waals surface area contributed by atoms with Crippen molar-refractivity contribution in [2.75, 3.05) is 19.7 Å². The van der Waals surface area contributed by atoms with E-state index in [0.717, 1.165) is 25.9 Å². The van der Waals surface area contributed by atoms with Crippen molar-refractivity contribution < 1.29 is 9.63 Å². The number of amides is 1. The zero-order valence-electron chi connectivity index (χ0n) is 11.9. The lowest BCUT2D eigenvalue weighted by molar-refractivity contribution is -0.136. The largest absolute Gasteiger partial charge is 0.384 e. The molecule has 0 bridgehead atoms. The van der Waals surface area contributed by atoms with Gasteiger partial charge < -0.3 is 15.5 Å². The number of carbonyl (C=O) groups is 1. The summed E-state index contributed by atoms with van der Waals surface area (Å²) in [7, 11) is 0. The van der Waals surface area contributed by atoms with Gasteiger partial charge in [-0.05, 0) is 37.1 Å².